The summed E-state index contributed by atoms with van der Waals surface area (Å²) >= 11 is 3.14. The van der Waals surface area contributed by atoms with Crippen LogP contribution in [-0.2, 0) is 10.0 Å². The maximum absolute atomic E-state index is 13.9. The first kappa shape index (κ1) is 14.9. The third-order valence-electron chi connectivity index (χ3n) is 3.63. The molecule has 1 aromatic rings. The zero-order valence-corrected chi connectivity index (χ0v) is 13.3. The largest absolute Gasteiger partial charge is 0.246 e. The van der Waals surface area contributed by atoms with E-state index in [2.05, 4.69) is 15.9 Å². The Kier molecular flexibility index (Phi) is 4.32. The molecule has 0 saturated carbocycles. The minimum Gasteiger partial charge on any atom is -0.207 e. The van der Waals surface area contributed by atoms with Crippen LogP contribution in [0.3, 0.4) is 0 Å². The van der Waals surface area contributed by atoms with Gasteiger partial charge in [0.05, 0.1) is 0 Å². The van der Waals surface area contributed by atoms with Gasteiger partial charge in [-0.15, -0.1) is 0 Å². The smallest absolute Gasteiger partial charge is 0.207 e. The second kappa shape index (κ2) is 5.50. The van der Waals surface area contributed by atoms with E-state index >= 15 is 0 Å². The second-order valence-electron chi connectivity index (χ2n) is 4.90. The molecule has 0 bridgehead atoms. The molecule has 0 N–H and O–H groups in total. The standard InChI is InChI=1S/C13H17BrFNO2S/c1-3-11-6-4-9(2)16(11)19(17,18)13-7-5-10(14)8-12(13)15/h5,7-9,11H,3-4,6H2,1-2H3. The predicted molar refractivity (Wildman–Crippen MR) is 75.9 cm³/mol. The van der Waals surface area contributed by atoms with Gasteiger partial charge in [-0.2, -0.15) is 4.31 Å². The Hall–Kier alpha value is -0.460. The Bertz CT molecular complexity index is 576. The number of benzene rings is 1. The quantitative estimate of drug-likeness (QED) is 0.836. The average molecular weight is 350 g/mol. The highest BCUT2D eigenvalue weighted by Crippen LogP contribution is 2.33. The van der Waals surface area contributed by atoms with E-state index < -0.39 is 15.8 Å². The number of hydrogen-bond donors (Lipinski definition) is 0. The number of rotatable bonds is 3. The summed E-state index contributed by atoms with van der Waals surface area (Å²) in [5.41, 5.74) is 0. The molecule has 2 unspecified atom stereocenters. The topological polar surface area (TPSA) is 37.4 Å². The highest BCUT2D eigenvalue weighted by Gasteiger charge is 2.40. The van der Waals surface area contributed by atoms with Gasteiger partial charge in [0, 0.05) is 16.6 Å². The van der Waals surface area contributed by atoms with Crippen LogP contribution in [0.25, 0.3) is 0 Å². The lowest BCUT2D eigenvalue weighted by Gasteiger charge is -2.27. The molecule has 1 saturated heterocycles. The summed E-state index contributed by atoms with van der Waals surface area (Å²) in [6.45, 7) is 3.84. The van der Waals surface area contributed by atoms with Gasteiger partial charge < -0.3 is 0 Å². The molecule has 1 aromatic carbocycles. The first-order valence-corrected chi connectivity index (χ1v) is 8.59. The lowest BCUT2D eigenvalue weighted by molar-refractivity contribution is 0.327. The fourth-order valence-electron chi connectivity index (χ4n) is 2.66. The third kappa shape index (κ3) is 2.71. The zero-order valence-electron chi connectivity index (χ0n) is 10.9. The Balaban J connectivity index is 2.47. The van der Waals surface area contributed by atoms with Crippen LogP contribution >= 0.6 is 15.9 Å². The van der Waals surface area contributed by atoms with E-state index in [0.29, 0.717) is 4.47 Å². The van der Waals surface area contributed by atoms with Crippen LogP contribution in [0.15, 0.2) is 27.6 Å². The van der Waals surface area contributed by atoms with Gasteiger partial charge in [0.1, 0.15) is 10.7 Å². The van der Waals surface area contributed by atoms with Gasteiger partial charge in [-0.25, -0.2) is 12.8 Å². The molecule has 0 radical (unpaired) electrons. The summed E-state index contributed by atoms with van der Waals surface area (Å²) in [4.78, 5) is -0.233. The number of hydrogen-bond acceptors (Lipinski definition) is 2. The SMILES string of the molecule is CCC1CCC(C)N1S(=O)(=O)c1ccc(Br)cc1F. The highest BCUT2D eigenvalue weighted by atomic mass is 79.9. The molecule has 0 aliphatic carbocycles. The van der Waals surface area contributed by atoms with E-state index in [1.807, 2.05) is 13.8 Å². The zero-order chi connectivity index (χ0) is 14.2. The first-order valence-electron chi connectivity index (χ1n) is 6.36. The minimum absolute atomic E-state index is 0.0250. The number of sulfonamides is 1. The van der Waals surface area contributed by atoms with Crippen molar-refractivity contribution in [2.24, 2.45) is 0 Å². The van der Waals surface area contributed by atoms with Crippen LogP contribution in [0.4, 0.5) is 4.39 Å². The minimum atomic E-state index is -3.76. The van der Waals surface area contributed by atoms with Crippen molar-refractivity contribution in [2.75, 3.05) is 0 Å². The van der Waals surface area contributed by atoms with E-state index in [-0.39, 0.29) is 17.0 Å². The Morgan fingerprint density at radius 1 is 1.42 bits per heavy atom. The van der Waals surface area contributed by atoms with Crippen molar-refractivity contribution in [1.82, 2.24) is 4.31 Å². The molecule has 0 spiro atoms. The Morgan fingerprint density at radius 2 is 2.11 bits per heavy atom. The summed E-state index contributed by atoms with van der Waals surface area (Å²) in [5, 5.41) is 0. The second-order valence-corrected chi connectivity index (χ2v) is 7.63. The molecule has 1 aliphatic heterocycles. The molecule has 2 atom stereocenters. The van der Waals surface area contributed by atoms with Gasteiger partial charge in [-0.05, 0) is 44.4 Å². The normalized spacial score (nSPS) is 24.8. The van der Waals surface area contributed by atoms with Crippen molar-refractivity contribution in [3.63, 3.8) is 0 Å². The van der Waals surface area contributed by atoms with Gasteiger partial charge in [0.2, 0.25) is 10.0 Å². The lowest BCUT2D eigenvalue weighted by Crippen LogP contribution is -2.39. The molecule has 3 nitrogen and oxygen atoms in total. The molecule has 19 heavy (non-hydrogen) atoms. The molecule has 6 heteroatoms. The van der Waals surface area contributed by atoms with Gasteiger partial charge >= 0.3 is 0 Å². The van der Waals surface area contributed by atoms with E-state index in [0.717, 1.165) is 19.3 Å². The fraction of sp³-hybridized carbons (Fsp3) is 0.538. The van der Waals surface area contributed by atoms with Crippen LogP contribution in [0.5, 0.6) is 0 Å². The summed E-state index contributed by atoms with van der Waals surface area (Å²) in [6.07, 6.45) is 2.42. The number of nitrogens with zero attached hydrogens (tertiary/aromatic N) is 1. The Labute approximate surface area is 122 Å². The molecule has 0 amide bonds. The lowest BCUT2D eigenvalue weighted by atomic mass is 10.2. The molecule has 0 aromatic heterocycles. The molecular formula is C13H17BrFNO2S. The third-order valence-corrected chi connectivity index (χ3v) is 6.23. The van der Waals surface area contributed by atoms with Crippen molar-refractivity contribution in [2.45, 2.75) is 50.1 Å². The van der Waals surface area contributed by atoms with E-state index in [9.17, 15) is 12.8 Å². The molecule has 106 valence electrons. The predicted octanol–water partition coefficient (Wildman–Crippen LogP) is 3.54. The van der Waals surface area contributed by atoms with Crippen LogP contribution in [0.2, 0.25) is 0 Å². The summed E-state index contributed by atoms with van der Waals surface area (Å²) in [6, 6.07) is 3.97. The molecule has 1 aliphatic rings. The monoisotopic (exact) mass is 349 g/mol. The van der Waals surface area contributed by atoms with E-state index in [4.69, 9.17) is 0 Å². The van der Waals surface area contributed by atoms with E-state index in [1.165, 1.54) is 16.4 Å². The van der Waals surface area contributed by atoms with Crippen molar-refractivity contribution in [3.8, 4) is 0 Å². The van der Waals surface area contributed by atoms with Crippen molar-refractivity contribution < 1.29 is 12.8 Å². The maximum Gasteiger partial charge on any atom is 0.246 e. The summed E-state index contributed by atoms with van der Waals surface area (Å²) in [7, 11) is -3.76. The molecule has 1 fully saturated rings. The first-order chi connectivity index (χ1) is 8.87. The van der Waals surface area contributed by atoms with Crippen molar-refractivity contribution in [1.29, 1.82) is 0 Å². The molecule has 1 heterocycles. The van der Waals surface area contributed by atoms with Crippen molar-refractivity contribution in [3.05, 3.63) is 28.5 Å². The van der Waals surface area contributed by atoms with E-state index in [1.54, 1.807) is 6.07 Å². The maximum atomic E-state index is 13.9. The van der Waals surface area contributed by atoms with Crippen LogP contribution < -0.4 is 0 Å². The van der Waals surface area contributed by atoms with Crippen molar-refractivity contribution >= 4 is 26.0 Å². The van der Waals surface area contributed by atoms with Crippen LogP contribution in [0.1, 0.15) is 33.1 Å². The van der Waals surface area contributed by atoms with Crippen LogP contribution in [0, 0.1) is 5.82 Å². The Morgan fingerprint density at radius 3 is 2.68 bits per heavy atom. The van der Waals surface area contributed by atoms with Gasteiger partial charge in [0.25, 0.3) is 0 Å². The molecule has 2 rings (SSSR count). The number of halogens is 2. The van der Waals surface area contributed by atoms with Gasteiger partial charge in [0.15, 0.2) is 0 Å². The van der Waals surface area contributed by atoms with Crippen LogP contribution in [-0.4, -0.2) is 24.8 Å². The van der Waals surface area contributed by atoms with Gasteiger partial charge in [-0.3, -0.25) is 0 Å². The molecular weight excluding hydrogens is 333 g/mol. The highest BCUT2D eigenvalue weighted by molar-refractivity contribution is 9.10. The summed E-state index contributed by atoms with van der Waals surface area (Å²) in [5.74, 6) is -0.705. The summed E-state index contributed by atoms with van der Waals surface area (Å²) < 4.78 is 41.2. The fourth-order valence-corrected chi connectivity index (χ4v) is 4.99. The average Bonchev–Trinajstić information content (AvgIpc) is 2.70. The van der Waals surface area contributed by atoms with Gasteiger partial charge in [-0.1, -0.05) is 22.9 Å².